The van der Waals surface area contributed by atoms with Gasteiger partial charge in [-0.05, 0) is 18.8 Å². The van der Waals surface area contributed by atoms with Crippen molar-refractivity contribution >= 4 is 28.1 Å². The van der Waals surface area contributed by atoms with Crippen molar-refractivity contribution in [3.63, 3.8) is 0 Å². The van der Waals surface area contributed by atoms with Gasteiger partial charge in [0.1, 0.15) is 12.6 Å². The molecule has 2 aromatic heterocycles. The third-order valence-corrected chi connectivity index (χ3v) is 4.59. The number of amides is 2. The third-order valence-electron chi connectivity index (χ3n) is 3.82. The van der Waals surface area contributed by atoms with Crippen LogP contribution in [0.2, 0.25) is 0 Å². The summed E-state index contributed by atoms with van der Waals surface area (Å²) in [4.78, 5) is 31.1. The Bertz CT molecular complexity index is 659. The van der Waals surface area contributed by atoms with Gasteiger partial charge in [-0.3, -0.25) is 14.0 Å². The SMILES string of the molecule is O=C1CN(Cc2cn3ccsc3n2)C(=O)C(C2CC2)N1. The maximum absolute atomic E-state index is 12.4. The smallest absolute Gasteiger partial charge is 0.246 e. The first-order valence-electron chi connectivity index (χ1n) is 6.70. The van der Waals surface area contributed by atoms with Crippen molar-refractivity contribution in [1.82, 2.24) is 19.6 Å². The van der Waals surface area contributed by atoms with E-state index in [1.807, 2.05) is 22.2 Å². The van der Waals surface area contributed by atoms with E-state index >= 15 is 0 Å². The molecule has 0 radical (unpaired) electrons. The molecule has 2 aromatic rings. The molecule has 0 aromatic carbocycles. The summed E-state index contributed by atoms with van der Waals surface area (Å²) in [7, 11) is 0. The highest BCUT2D eigenvalue weighted by molar-refractivity contribution is 7.15. The zero-order chi connectivity index (χ0) is 13.7. The van der Waals surface area contributed by atoms with Crippen LogP contribution in [0.25, 0.3) is 4.96 Å². The van der Waals surface area contributed by atoms with E-state index < -0.39 is 0 Å². The van der Waals surface area contributed by atoms with Crippen LogP contribution in [0, 0.1) is 5.92 Å². The highest BCUT2D eigenvalue weighted by Gasteiger charge is 2.42. The van der Waals surface area contributed by atoms with Gasteiger partial charge in [0.05, 0.1) is 12.2 Å². The van der Waals surface area contributed by atoms with Gasteiger partial charge < -0.3 is 10.2 Å². The second-order valence-corrected chi connectivity index (χ2v) is 6.28. The number of hydrogen-bond acceptors (Lipinski definition) is 4. The van der Waals surface area contributed by atoms with E-state index in [1.54, 1.807) is 16.2 Å². The molecule has 1 aliphatic carbocycles. The van der Waals surface area contributed by atoms with Gasteiger partial charge in [0, 0.05) is 17.8 Å². The molecule has 1 unspecified atom stereocenters. The Morgan fingerprint density at radius 3 is 3.00 bits per heavy atom. The molecule has 1 saturated heterocycles. The van der Waals surface area contributed by atoms with Crippen LogP contribution >= 0.6 is 11.3 Å². The number of carbonyl (C=O) groups excluding carboxylic acids is 2. The molecular formula is C13H14N4O2S. The van der Waals surface area contributed by atoms with Crippen molar-refractivity contribution < 1.29 is 9.59 Å². The number of nitrogens with one attached hydrogen (secondary N) is 1. The normalized spacial score (nSPS) is 23.4. The summed E-state index contributed by atoms with van der Waals surface area (Å²) in [5.41, 5.74) is 0.828. The van der Waals surface area contributed by atoms with E-state index in [1.165, 1.54) is 0 Å². The van der Waals surface area contributed by atoms with E-state index in [2.05, 4.69) is 10.3 Å². The van der Waals surface area contributed by atoms with Crippen LogP contribution < -0.4 is 5.32 Å². The van der Waals surface area contributed by atoms with Crippen LogP contribution in [-0.2, 0) is 16.1 Å². The number of carbonyl (C=O) groups is 2. The number of nitrogens with zero attached hydrogens (tertiary/aromatic N) is 3. The number of piperazine rings is 1. The number of thiazole rings is 1. The standard InChI is InChI=1S/C13H14N4O2S/c18-10-7-17(12(19)11(15-10)8-1-2-8)6-9-5-16-3-4-20-13(16)14-9/h3-5,8,11H,1-2,6-7H2,(H,15,18). The zero-order valence-electron chi connectivity index (χ0n) is 10.8. The number of aromatic nitrogens is 2. The van der Waals surface area contributed by atoms with Gasteiger partial charge >= 0.3 is 0 Å². The third kappa shape index (κ3) is 1.98. The van der Waals surface area contributed by atoms with Gasteiger partial charge in [0.15, 0.2) is 4.96 Å². The van der Waals surface area contributed by atoms with Crippen LogP contribution in [0.5, 0.6) is 0 Å². The second-order valence-electron chi connectivity index (χ2n) is 5.40. The largest absolute Gasteiger partial charge is 0.342 e. The highest BCUT2D eigenvalue weighted by atomic mass is 32.1. The molecule has 1 aliphatic heterocycles. The molecule has 0 bridgehead atoms. The van der Waals surface area contributed by atoms with Gasteiger partial charge in [-0.2, -0.15) is 0 Å². The molecule has 1 atom stereocenters. The lowest BCUT2D eigenvalue weighted by Gasteiger charge is -2.32. The van der Waals surface area contributed by atoms with Crippen molar-refractivity contribution in [2.75, 3.05) is 6.54 Å². The van der Waals surface area contributed by atoms with Crippen LogP contribution in [0.1, 0.15) is 18.5 Å². The van der Waals surface area contributed by atoms with Gasteiger partial charge in [0.25, 0.3) is 0 Å². The summed E-state index contributed by atoms with van der Waals surface area (Å²) in [5, 5.41) is 4.78. The summed E-state index contributed by atoms with van der Waals surface area (Å²) in [6, 6.07) is -0.319. The average Bonchev–Trinajstić information content (AvgIpc) is 3.04. The van der Waals surface area contributed by atoms with E-state index in [0.717, 1.165) is 23.5 Å². The fraction of sp³-hybridized carbons (Fsp3) is 0.462. The van der Waals surface area contributed by atoms with Crippen molar-refractivity contribution in [2.24, 2.45) is 5.92 Å². The summed E-state index contributed by atoms with van der Waals surface area (Å²) in [6.45, 7) is 0.539. The molecule has 1 saturated carbocycles. The average molecular weight is 290 g/mol. The second kappa shape index (κ2) is 4.31. The topological polar surface area (TPSA) is 66.7 Å². The Morgan fingerprint density at radius 2 is 2.25 bits per heavy atom. The molecule has 104 valence electrons. The molecule has 0 spiro atoms. The minimum absolute atomic E-state index is 0.0310. The predicted octanol–water partition coefficient (Wildman–Crippen LogP) is 0.633. The van der Waals surface area contributed by atoms with Crippen molar-refractivity contribution in [3.8, 4) is 0 Å². The molecule has 3 heterocycles. The maximum Gasteiger partial charge on any atom is 0.246 e. The van der Waals surface area contributed by atoms with Crippen molar-refractivity contribution in [3.05, 3.63) is 23.5 Å². The summed E-state index contributed by atoms with van der Waals surface area (Å²) in [6.07, 6.45) is 5.92. The number of hydrogen-bond donors (Lipinski definition) is 1. The van der Waals surface area contributed by atoms with Gasteiger partial charge in [-0.15, -0.1) is 11.3 Å². The summed E-state index contributed by atoms with van der Waals surface area (Å²) >= 11 is 1.56. The van der Waals surface area contributed by atoms with E-state index in [0.29, 0.717) is 12.5 Å². The first-order chi connectivity index (χ1) is 9.70. The monoisotopic (exact) mass is 290 g/mol. The number of fused-ring (bicyclic) bond motifs is 1. The first-order valence-corrected chi connectivity index (χ1v) is 7.58. The van der Waals surface area contributed by atoms with Gasteiger partial charge in [-0.1, -0.05) is 0 Å². The van der Waals surface area contributed by atoms with E-state index in [9.17, 15) is 9.59 Å². The van der Waals surface area contributed by atoms with Crippen molar-refractivity contribution in [1.29, 1.82) is 0 Å². The van der Waals surface area contributed by atoms with Crippen LogP contribution in [0.3, 0.4) is 0 Å². The van der Waals surface area contributed by atoms with Crippen LogP contribution in [0.15, 0.2) is 17.8 Å². The molecule has 20 heavy (non-hydrogen) atoms. The maximum atomic E-state index is 12.4. The van der Waals surface area contributed by atoms with Crippen LogP contribution in [0.4, 0.5) is 0 Å². The number of imidazole rings is 1. The van der Waals surface area contributed by atoms with E-state index in [4.69, 9.17) is 0 Å². The summed E-state index contributed by atoms with van der Waals surface area (Å²) < 4.78 is 1.94. The Balaban J connectivity index is 1.55. The zero-order valence-corrected chi connectivity index (χ0v) is 11.6. The summed E-state index contributed by atoms with van der Waals surface area (Å²) in [5.74, 6) is 0.297. The molecule has 6 nitrogen and oxygen atoms in total. The molecule has 7 heteroatoms. The minimum Gasteiger partial charge on any atom is -0.342 e. The molecule has 2 amide bonds. The fourth-order valence-electron chi connectivity index (χ4n) is 2.66. The lowest BCUT2D eigenvalue weighted by atomic mass is 10.1. The Kier molecular flexibility index (Phi) is 2.56. The Labute approximate surface area is 119 Å². The lowest BCUT2D eigenvalue weighted by molar-refractivity contribution is -0.145. The molecule has 4 rings (SSSR count). The minimum atomic E-state index is -0.319. The first kappa shape index (κ1) is 11.9. The molecular weight excluding hydrogens is 276 g/mol. The Hall–Kier alpha value is -1.89. The lowest BCUT2D eigenvalue weighted by Crippen LogP contribution is -2.58. The highest BCUT2D eigenvalue weighted by Crippen LogP contribution is 2.34. The van der Waals surface area contributed by atoms with Crippen molar-refractivity contribution in [2.45, 2.75) is 25.4 Å². The van der Waals surface area contributed by atoms with Gasteiger partial charge in [-0.25, -0.2) is 4.98 Å². The number of rotatable bonds is 3. The molecule has 1 N–H and O–H groups in total. The van der Waals surface area contributed by atoms with Crippen LogP contribution in [-0.4, -0.2) is 38.7 Å². The molecule has 2 fully saturated rings. The van der Waals surface area contributed by atoms with Gasteiger partial charge in [0.2, 0.25) is 11.8 Å². The van der Waals surface area contributed by atoms with E-state index in [-0.39, 0.29) is 24.4 Å². The fourth-order valence-corrected chi connectivity index (χ4v) is 3.38. The predicted molar refractivity (Wildman–Crippen MR) is 73.1 cm³/mol. The molecule has 2 aliphatic rings. The quantitative estimate of drug-likeness (QED) is 0.902. The Morgan fingerprint density at radius 1 is 1.40 bits per heavy atom.